The zero-order chi connectivity index (χ0) is 38.8. The van der Waals surface area contributed by atoms with E-state index in [0.29, 0.717) is 10.8 Å². The number of benzene rings is 2. The molecule has 286 valence electrons. The lowest BCUT2D eigenvalue weighted by Crippen LogP contribution is -2.33. The van der Waals surface area contributed by atoms with Crippen molar-refractivity contribution in [2.24, 2.45) is 0 Å². The third kappa shape index (κ3) is 9.51. The van der Waals surface area contributed by atoms with Crippen molar-refractivity contribution in [3.8, 4) is 23.0 Å². The summed E-state index contributed by atoms with van der Waals surface area (Å²) in [7, 11) is 0. The van der Waals surface area contributed by atoms with Crippen molar-refractivity contribution >= 4 is 68.3 Å². The van der Waals surface area contributed by atoms with Gasteiger partial charge in [-0.3, -0.25) is 4.79 Å². The number of anilines is 1. The van der Waals surface area contributed by atoms with Crippen molar-refractivity contribution < 1.29 is 34.9 Å². The average Bonchev–Trinajstić information content (AvgIpc) is 3.83. The van der Waals surface area contributed by atoms with E-state index in [0.717, 1.165) is 87.3 Å². The number of hydrogen-bond donors (Lipinski definition) is 4. The fourth-order valence-electron chi connectivity index (χ4n) is 6.44. The van der Waals surface area contributed by atoms with Crippen LogP contribution in [0.4, 0.5) is 5.00 Å². The largest absolute Gasteiger partial charge is 0.871 e. The van der Waals surface area contributed by atoms with Crippen molar-refractivity contribution in [3.05, 3.63) is 91.7 Å². The molecule has 0 bridgehead atoms. The Morgan fingerprint density at radius 2 is 1.35 bits per heavy atom. The Bertz CT molecular complexity index is 2070. The second kappa shape index (κ2) is 19.1. The maximum Gasteiger partial charge on any atom is 0.239 e. The monoisotopic (exact) mass is 768 g/mol. The highest BCUT2D eigenvalue weighted by atomic mass is 32.2. The van der Waals surface area contributed by atoms with E-state index in [1.165, 1.54) is 34.3 Å². The fraction of sp³-hybridized carbons (Fsp3) is 0.364. The molecule has 0 saturated heterocycles. The van der Waals surface area contributed by atoms with Gasteiger partial charge < -0.3 is 30.4 Å². The van der Waals surface area contributed by atoms with E-state index in [4.69, 9.17) is 0 Å². The molecule has 0 fully saturated rings. The number of Topliss-reactive ketones (excluding diaryl/α,β-unsaturated/α-hetero) is 1. The molecule has 0 unspecified atom stereocenters. The van der Waals surface area contributed by atoms with Crippen molar-refractivity contribution in [3.63, 3.8) is 0 Å². The maximum absolute atomic E-state index is 13.4. The van der Waals surface area contributed by atoms with E-state index in [1.807, 2.05) is 24.3 Å². The first-order valence-electron chi connectivity index (χ1n) is 19.1. The van der Waals surface area contributed by atoms with Crippen LogP contribution in [0.1, 0.15) is 95.1 Å². The summed E-state index contributed by atoms with van der Waals surface area (Å²) in [5, 5.41) is 59.6. The Balaban J connectivity index is 1.36. The summed E-state index contributed by atoms with van der Waals surface area (Å²) in [6.07, 6.45) is 20.5. The van der Waals surface area contributed by atoms with Crippen LogP contribution in [-0.4, -0.2) is 62.0 Å². The van der Waals surface area contributed by atoms with E-state index >= 15 is 0 Å². The minimum Gasteiger partial charge on any atom is -0.871 e. The SMILES string of the molecule is CCCCN(CCCC)c1ccc(/C=C/c2cc(O)c(C3=C([O-])C(=c4c(O)cc(=C/C=C5\C=CC(=[N+](CCCC)CCCC)S5)cc4O)C3=O)c(O)c2)s1. The van der Waals surface area contributed by atoms with Gasteiger partial charge in [-0.05, 0) is 90.0 Å². The molecule has 10 heteroatoms. The molecule has 2 aromatic carbocycles. The number of phenolic OH excluding ortho intramolecular Hbond substituents is 4. The van der Waals surface area contributed by atoms with Gasteiger partial charge in [-0.25, -0.2) is 4.58 Å². The zero-order valence-corrected chi connectivity index (χ0v) is 33.4. The molecule has 0 atom stereocenters. The zero-order valence-electron chi connectivity index (χ0n) is 31.7. The molecule has 1 aliphatic heterocycles. The number of carbonyl (C=O) groups is 1. The van der Waals surface area contributed by atoms with Gasteiger partial charge in [0, 0.05) is 52.9 Å². The Labute approximate surface area is 326 Å². The first-order chi connectivity index (χ1) is 26.1. The minimum absolute atomic E-state index is 0.274. The van der Waals surface area contributed by atoms with Crippen molar-refractivity contribution in [2.75, 3.05) is 31.1 Å². The van der Waals surface area contributed by atoms with Crippen LogP contribution in [0.25, 0.3) is 29.4 Å². The van der Waals surface area contributed by atoms with Crippen LogP contribution >= 0.6 is 23.1 Å². The molecule has 0 saturated carbocycles. The summed E-state index contributed by atoms with van der Waals surface area (Å²) >= 11 is 3.34. The molecule has 2 heterocycles. The van der Waals surface area contributed by atoms with Gasteiger partial charge in [0.1, 0.15) is 36.1 Å². The van der Waals surface area contributed by atoms with E-state index in [2.05, 4.69) is 49.3 Å². The molecule has 4 N–H and O–H groups in total. The van der Waals surface area contributed by atoms with Crippen LogP contribution in [0, 0.1) is 0 Å². The fourth-order valence-corrected chi connectivity index (χ4v) is 8.36. The number of carbonyl (C=O) groups excluding carboxylic acids is 1. The molecule has 0 amide bonds. The first kappa shape index (κ1) is 40.5. The molecule has 2 aliphatic rings. The van der Waals surface area contributed by atoms with E-state index in [1.54, 1.807) is 35.3 Å². The van der Waals surface area contributed by atoms with E-state index < -0.39 is 45.7 Å². The number of phenols is 4. The van der Waals surface area contributed by atoms with Gasteiger partial charge >= 0.3 is 0 Å². The Morgan fingerprint density at radius 1 is 0.741 bits per heavy atom. The number of aromatic hydroxyl groups is 4. The smallest absolute Gasteiger partial charge is 0.239 e. The van der Waals surface area contributed by atoms with Gasteiger partial charge in [-0.1, -0.05) is 71.3 Å². The summed E-state index contributed by atoms with van der Waals surface area (Å²) in [5.74, 6) is -3.27. The van der Waals surface area contributed by atoms with Gasteiger partial charge in [-0.2, -0.15) is 0 Å². The minimum atomic E-state index is -0.786. The van der Waals surface area contributed by atoms with Crippen LogP contribution in [0.3, 0.4) is 0 Å². The third-order valence-electron chi connectivity index (χ3n) is 9.50. The second-order valence-corrected chi connectivity index (χ2v) is 15.9. The third-order valence-corrected chi connectivity index (χ3v) is 11.7. The summed E-state index contributed by atoms with van der Waals surface area (Å²) < 4.78 is 2.42. The van der Waals surface area contributed by atoms with Gasteiger partial charge in [0.2, 0.25) is 5.04 Å². The molecule has 1 aliphatic carbocycles. The standard InChI is InChI=1S/C44H52N2O6S2/c1-5-9-21-45(22-10-6-2)37-19-17-31(53-37)15-13-29-25-33(47)39(34(48)26-29)41-43(51)42(44(41)52)40-35(49)27-30(28-36(40)50)14-16-32-18-20-38(54-32)46(23-11-7-3)24-12-8-4/h13-20,25-28H,5-12,21-24H2,1-4H3,(H4,47,48,49,50,51,52)/b15-13+. The molecule has 5 rings (SSSR count). The summed E-state index contributed by atoms with van der Waals surface area (Å²) in [6, 6.07) is 9.71. The number of rotatable bonds is 17. The quantitative estimate of drug-likeness (QED) is 0.103. The molecule has 0 spiro atoms. The molecular weight excluding hydrogens is 717 g/mol. The van der Waals surface area contributed by atoms with Crippen molar-refractivity contribution in [1.82, 2.24) is 0 Å². The van der Waals surface area contributed by atoms with Crippen LogP contribution in [0.15, 0.2) is 65.3 Å². The maximum atomic E-state index is 13.4. The van der Waals surface area contributed by atoms with E-state index in [9.17, 15) is 30.3 Å². The molecule has 0 radical (unpaired) electrons. The summed E-state index contributed by atoms with van der Waals surface area (Å²) in [4.78, 5) is 17.8. The first-order valence-corrected chi connectivity index (χ1v) is 20.7. The van der Waals surface area contributed by atoms with Crippen molar-refractivity contribution in [1.29, 1.82) is 0 Å². The lowest BCUT2D eigenvalue weighted by Gasteiger charge is -2.31. The molecule has 3 aromatic rings. The number of nitrogens with zero attached hydrogens (tertiary/aromatic N) is 2. The van der Waals surface area contributed by atoms with Gasteiger partial charge in [0.25, 0.3) is 0 Å². The molecular formula is C44H52N2O6S2. The molecule has 1 aromatic heterocycles. The van der Waals surface area contributed by atoms with Crippen LogP contribution in [0.2, 0.25) is 0 Å². The van der Waals surface area contributed by atoms with Gasteiger partial charge in [-0.15, -0.1) is 11.3 Å². The molecule has 54 heavy (non-hydrogen) atoms. The summed E-state index contributed by atoms with van der Waals surface area (Å²) in [6.45, 7) is 12.8. The normalized spacial score (nSPS) is 14.9. The lowest BCUT2D eigenvalue weighted by atomic mass is 9.81. The molecule has 8 nitrogen and oxygen atoms in total. The van der Waals surface area contributed by atoms with E-state index in [-0.39, 0.29) is 10.8 Å². The number of hydrogen-bond acceptors (Lipinski definition) is 9. The van der Waals surface area contributed by atoms with Gasteiger partial charge in [0.15, 0.2) is 5.78 Å². The van der Waals surface area contributed by atoms with Crippen LogP contribution in [0.5, 0.6) is 23.0 Å². The Morgan fingerprint density at radius 3 is 1.93 bits per heavy atom. The summed E-state index contributed by atoms with van der Waals surface area (Å²) in [5.41, 5.74) is -0.588. The number of thioether (sulfide) groups is 1. The number of unbranched alkanes of at least 4 members (excludes halogenated alkanes) is 4. The number of ketones is 1. The van der Waals surface area contributed by atoms with Crippen LogP contribution < -0.4 is 20.4 Å². The Hall–Kier alpha value is -4.67. The van der Waals surface area contributed by atoms with Gasteiger partial charge in [0.05, 0.1) is 15.8 Å². The highest BCUT2D eigenvalue weighted by molar-refractivity contribution is 8.18. The van der Waals surface area contributed by atoms with Crippen molar-refractivity contribution in [2.45, 2.75) is 79.1 Å². The predicted octanol–water partition coefficient (Wildman–Crippen LogP) is 7.63. The topological polar surface area (TPSA) is 127 Å². The number of allylic oxidation sites excluding steroid dienone is 4. The highest BCUT2D eigenvalue weighted by Crippen LogP contribution is 2.44. The highest BCUT2D eigenvalue weighted by Gasteiger charge is 2.34. The Kier molecular flexibility index (Phi) is 14.3. The van der Waals surface area contributed by atoms with Crippen LogP contribution in [-0.2, 0) is 4.79 Å². The lowest BCUT2D eigenvalue weighted by molar-refractivity contribution is -0.525. The predicted molar refractivity (Wildman–Crippen MR) is 224 cm³/mol. The average molecular weight is 769 g/mol. The number of thiophene rings is 1. The second-order valence-electron chi connectivity index (χ2n) is 13.7.